The Balaban J connectivity index is 1.55. The van der Waals surface area contributed by atoms with Gasteiger partial charge in [0.05, 0.1) is 20.3 Å². The Bertz CT molecular complexity index is 1320. The Morgan fingerprint density at radius 1 is 1.14 bits per heavy atom. The molecule has 0 aliphatic carbocycles. The third-order valence-electron chi connectivity index (χ3n) is 7.10. The van der Waals surface area contributed by atoms with Crippen molar-refractivity contribution in [1.29, 1.82) is 5.41 Å². The molecule has 10 heteroatoms. The van der Waals surface area contributed by atoms with E-state index in [0.29, 0.717) is 25.1 Å². The largest absolute Gasteiger partial charge is 0.497 e. The number of amides is 1. The molecule has 3 aromatic rings. The summed E-state index contributed by atoms with van der Waals surface area (Å²) in [5, 5.41) is 9.10. The fraction of sp³-hybridized carbons (Fsp3) is 0.370. The van der Waals surface area contributed by atoms with Gasteiger partial charge >= 0.3 is 5.97 Å². The van der Waals surface area contributed by atoms with Gasteiger partial charge in [0.25, 0.3) is 11.9 Å². The van der Waals surface area contributed by atoms with E-state index in [0.717, 1.165) is 27.7 Å². The number of hydrogen-bond donors (Lipinski definition) is 2. The highest BCUT2D eigenvalue weighted by atomic mass is 19.1. The molecule has 1 aromatic heterocycles. The summed E-state index contributed by atoms with van der Waals surface area (Å²) in [6, 6.07) is 13.1. The van der Waals surface area contributed by atoms with Gasteiger partial charge in [-0.2, -0.15) is 0 Å². The lowest BCUT2D eigenvalue weighted by Crippen LogP contribution is -2.53. The van der Waals surface area contributed by atoms with Gasteiger partial charge in [-0.05, 0) is 42.2 Å². The first-order valence-electron chi connectivity index (χ1n) is 12.2. The van der Waals surface area contributed by atoms with Crippen molar-refractivity contribution in [2.75, 3.05) is 27.4 Å². The summed E-state index contributed by atoms with van der Waals surface area (Å²) >= 11 is 0. The molecule has 1 saturated heterocycles. The van der Waals surface area contributed by atoms with Crippen molar-refractivity contribution >= 4 is 28.8 Å². The number of rotatable bonds is 5. The van der Waals surface area contributed by atoms with Gasteiger partial charge in [0.2, 0.25) is 0 Å². The lowest BCUT2D eigenvalue weighted by Gasteiger charge is -2.41. The summed E-state index contributed by atoms with van der Waals surface area (Å²) < 4.78 is 29.9. The van der Waals surface area contributed by atoms with E-state index in [4.69, 9.17) is 19.6 Å². The van der Waals surface area contributed by atoms with Gasteiger partial charge < -0.3 is 24.1 Å². The van der Waals surface area contributed by atoms with E-state index in [1.807, 2.05) is 36.4 Å². The second-order valence-electron chi connectivity index (χ2n) is 9.15. The predicted molar refractivity (Wildman–Crippen MR) is 134 cm³/mol. The van der Waals surface area contributed by atoms with Crippen LogP contribution < -0.4 is 4.74 Å². The number of nitrogens with one attached hydrogen (secondary N) is 2. The molecule has 0 unspecified atom stereocenters. The highest BCUT2D eigenvalue weighted by molar-refractivity contribution is 5.91. The quantitative estimate of drug-likeness (QED) is 0.236. The number of aromatic nitrogens is 1. The Kier molecular flexibility index (Phi) is 6.73. The number of halogens is 1. The number of esters is 1. The molecule has 2 aliphatic rings. The van der Waals surface area contributed by atoms with Crippen LogP contribution in [0.3, 0.4) is 0 Å². The van der Waals surface area contributed by atoms with Crippen LogP contribution in [0.2, 0.25) is 0 Å². The molecule has 9 nitrogen and oxygen atoms in total. The molecule has 2 aromatic carbocycles. The number of methoxy groups -OCH3 is 2. The first-order valence-corrected chi connectivity index (χ1v) is 12.2. The minimum absolute atomic E-state index is 0.251. The average molecular weight is 509 g/mol. The third kappa shape index (κ3) is 4.47. The third-order valence-corrected chi connectivity index (χ3v) is 7.10. The summed E-state index contributed by atoms with van der Waals surface area (Å²) in [6.07, 6.45) is -0.124. The Labute approximate surface area is 213 Å². The van der Waals surface area contributed by atoms with E-state index in [2.05, 4.69) is 4.98 Å². The SMILES string of the molecule is COC(=O)[C@H]1Cc2c([nH]c3ccccc23)[C@H](c2ccc(OC)cc2)N1C(=O)COC(=N)N1CCC[C@@H]1F. The van der Waals surface area contributed by atoms with Crippen LogP contribution in [0.1, 0.15) is 35.7 Å². The fourth-order valence-corrected chi connectivity index (χ4v) is 5.29. The molecule has 3 heterocycles. The lowest BCUT2D eigenvalue weighted by molar-refractivity contribution is -0.156. The van der Waals surface area contributed by atoms with Crippen molar-refractivity contribution < 1.29 is 28.2 Å². The summed E-state index contributed by atoms with van der Waals surface area (Å²) in [7, 11) is 2.86. The second-order valence-corrected chi connectivity index (χ2v) is 9.15. The van der Waals surface area contributed by atoms with Crippen LogP contribution in [0.15, 0.2) is 48.5 Å². The zero-order chi connectivity index (χ0) is 26.1. The van der Waals surface area contributed by atoms with E-state index >= 15 is 0 Å². The van der Waals surface area contributed by atoms with Crippen molar-refractivity contribution in [3.05, 3.63) is 65.4 Å². The lowest BCUT2D eigenvalue weighted by atomic mass is 9.88. The maximum Gasteiger partial charge on any atom is 0.328 e. The highest BCUT2D eigenvalue weighted by Crippen LogP contribution is 2.41. The number of ether oxygens (including phenoxy) is 3. The van der Waals surface area contributed by atoms with Crippen molar-refractivity contribution in [1.82, 2.24) is 14.8 Å². The van der Waals surface area contributed by atoms with Crippen LogP contribution >= 0.6 is 0 Å². The van der Waals surface area contributed by atoms with Crippen LogP contribution in [0, 0.1) is 5.41 Å². The first kappa shape index (κ1) is 24.6. The number of carbonyl (C=O) groups is 2. The standard InChI is InChI=1S/C27H29FN4O5/c1-35-17-11-9-16(10-12-17)25-24-19(18-6-3-4-7-20(18)30-24)14-21(26(34)36-2)32(25)23(33)15-37-27(29)31-13-5-8-22(31)28/h3-4,6-7,9-12,21-22,25,29-30H,5,8,13-15H2,1-2H3/t21-,22-,25+/m1/s1. The number of amidine groups is 1. The van der Waals surface area contributed by atoms with Gasteiger partial charge in [0, 0.05) is 29.6 Å². The van der Waals surface area contributed by atoms with E-state index in [1.54, 1.807) is 19.2 Å². The zero-order valence-electron chi connectivity index (χ0n) is 20.7. The molecule has 194 valence electrons. The number of fused-ring (bicyclic) bond motifs is 3. The van der Waals surface area contributed by atoms with E-state index < -0.39 is 42.9 Å². The molecular formula is C27H29FN4O5. The molecule has 2 aliphatic heterocycles. The maximum atomic E-state index is 14.1. The summed E-state index contributed by atoms with van der Waals surface area (Å²) in [5.74, 6) is -0.414. The Morgan fingerprint density at radius 2 is 1.89 bits per heavy atom. The minimum Gasteiger partial charge on any atom is -0.497 e. The number of para-hydroxylation sites is 1. The van der Waals surface area contributed by atoms with Crippen molar-refractivity contribution in [2.45, 2.75) is 37.6 Å². The number of carbonyl (C=O) groups excluding carboxylic acids is 2. The molecule has 0 bridgehead atoms. The number of nitrogens with zero attached hydrogens (tertiary/aromatic N) is 2. The van der Waals surface area contributed by atoms with Crippen LogP contribution in [-0.2, 0) is 25.5 Å². The predicted octanol–water partition coefficient (Wildman–Crippen LogP) is 3.53. The summed E-state index contributed by atoms with van der Waals surface area (Å²) in [6.45, 7) is -0.159. The van der Waals surface area contributed by atoms with Gasteiger partial charge in [0.15, 0.2) is 12.9 Å². The number of alkyl halides is 1. The van der Waals surface area contributed by atoms with E-state index in [1.165, 1.54) is 16.9 Å². The molecule has 0 radical (unpaired) electrons. The molecule has 37 heavy (non-hydrogen) atoms. The monoisotopic (exact) mass is 508 g/mol. The normalized spacial score (nSPS) is 21.0. The molecular weight excluding hydrogens is 479 g/mol. The molecule has 3 atom stereocenters. The van der Waals surface area contributed by atoms with Crippen LogP contribution in [-0.4, -0.2) is 72.4 Å². The van der Waals surface area contributed by atoms with Crippen molar-refractivity contribution in [3.63, 3.8) is 0 Å². The first-order chi connectivity index (χ1) is 17.9. The van der Waals surface area contributed by atoms with Crippen molar-refractivity contribution in [3.8, 4) is 5.75 Å². The number of H-pyrrole nitrogens is 1. The van der Waals surface area contributed by atoms with Crippen LogP contribution in [0.4, 0.5) is 4.39 Å². The maximum absolute atomic E-state index is 14.1. The topological polar surface area (TPSA) is 108 Å². The summed E-state index contributed by atoms with van der Waals surface area (Å²) in [4.78, 5) is 32.8. The highest BCUT2D eigenvalue weighted by Gasteiger charge is 2.44. The van der Waals surface area contributed by atoms with E-state index in [-0.39, 0.29) is 6.42 Å². The minimum atomic E-state index is -1.30. The van der Waals surface area contributed by atoms with Gasteiger partial charge in [-0.15, -0.1) is 0 Å². The second kappa shape index (κ2) is 10.1. The Hall–Kier alpha value is -4.08. The van der Waals surface area contributed by atoms with Gasteiger partial charge in [-0.3, -0.25) is 15.1 Å². The number of benzene rings is 2. The fourth-order valence-electron chi connectivity index (χ4n) is 5.29. The molecule has 2 N–H and O–H groups in total. The van der Waals surface area contributed by atoms with E-state index in [9.17, 15) is 14.0 Å². The number of hydrogen-bond acceptors (Lipinski definition) is 6. The molecule has 0 saturated carbocycles. The van der Waals surface area contributed by atoms with Gasteiger partial charge in [-0.25, -0.2) is 9.18 Å². The van der Waals surface area contributed by atoms with Crippen LogP contribution in [0.25, 0.3) is 10.9 Å². The molecule has 1 amide bonds. The summed E-state index contributed by atoms with van der Waals surface area (Å²) in [5.41, 5.74) is 3.37. The smallest absolute Gasteiger partial charge is 0.328 e. The molecule has 0 spiro atoms. The van der Waals surface area contributed by atoms with Gasteiger partial charge in [0.1, 0.15) is 11.8 Å². The number of aromatic amines is 1. The average Bonchev–Trinajstić information content (AvgIpc) is 3.53. The van der Waals surface area contributed by atoms with Crippen LogP contribution in [0.5, 0.6) is 5.75 Å². The Morgan fingerprint density at radius 3 is 2.57 bits per heavy atom. The molecule has 5 rings (SSSR count). The zero-order valence-corrected chi connectivity index (χ0v) is 20.7. The van der Waals surface area contributed by atoms with Gasteiger partial charge in [-0.1, -0.05) is 30.3 Å². The van der Waals surface area contributed by atoms with Crippen molar-refractivity contribution in [2.24, 2.45) is 0 Å². The molecule has 1 fully saturated rings. The number of likely N-dealkylation sites (tertiary alicyclic amines) is 1.